The van der Waals surface area contributed by atoms with E-state index in [-0.39, 0.29) is 16.5 Å². The van der Waals surface area contributed by atoms with Crippen molar-refractivity contribution in [2.75, 3.05) is 0 Å². The van der Waals surface area contributed by atoms with Crippen molar-refractivity contribution in [1.82, 2.24) is 0 Å². The Morgan fingerprint density at radius 3 is 1.24 bits per heavy atom. The van der Waals surface area contributed by atoms with Crippen LogP contribution in [0.2, 0.25) is 0 Å². The van der Waals surface area contributed by atoms with Crippen LogP contribution in [0.4, 0.5) is 0 Å². The molecule has 0 fully saturated rings. The summed E-state index contributed by atoms with van der Waals surface area (Å²) in [5, 5.41) is 0. The van der Waals surface area contributed by atoms with Crippen LogP contribution in [0.1, 0.15) is 0 Å². The van der Waals surface area contributed by atoms with E-state index in [4.69, 9.17) is 0 Å². The molecule has 0 N–H and O–H groups in total. The van der Waals surface area contributed by atoms with Crippen molar-refractivity contribution in [3.63, 3.8) is 0 Å². The third kappa shape index (κ3) is 4.42. The molecule has 1 heteroatoms. The predicted octanol–water partition coefficient (Wildman–Crippen LogP) is 4.20. The van der Waals surface area contributed by atoms with E-state index >= 15 is 0 Å². The molecule has 0 spiro atoms. The SMILES string of the molecule is C1=C\C=C/C(C2=C/C=C\C=C/C=C\2)=C\C=C/1.[Ni]. The molecule has 17 heavy (non-hydrogen) atoms. The average molecular weight is 265 g/mol. The Morgan fingerprint density at radius 2 is 0.765 bits per heavy atom. The van der Waals surface area contributed by atoms with Gasteiger partial charge in [-0.1, -0.05) is 85.1 Å². The van der Waals surface area contributed by atoms with Crippen molar-refractivity contribution in [2.45, 2.75) is 0 Å². The summed E-state index contributed by atoms with van der Waals surface area (Å²) >= 11 is 0. The minimum atomic E-state index is 0. The van der Waals surface area contributed by atoms with Crippen molar-refractivity contribution in [2.24, 2.45) is 0 Å². The molecule has 2 rings (SSSR count). The summed E-state index contributed by atoms with van der Waals surface area (Å²) in [7, 11) is 0. The fraction of sp³-hybridized carbons (Fsp3) is 0. The molecule has 0 saturated carbocycles. The largest absolute Gasteiger partial charge is 0.0623 e. The van der Waals surface area contributed by atoms with Crippen LogP contribution in [0.3, 0.4) is 0 Å². The fourth-order valence-electron chi connectivity index (χ4n) is 1.52. The zero-order valence-electron chi connectivity index (χ0n) is 9.40. The van der Waals surface area contributed by atoms with E-state index < -0.39 is 0 Å². The second-order valence-electron chi connectivity index (χ2n) is 3.50. The maximum atomic E-state index is 2.12. The molecule has 0 aromatic carbocycles. The average Bonchev–Trinajstić information content (AvgIpc) is 2.18. The van der Waals surface area contributed by atoms with Crippen molar-refractivity contribution < 1.29 is 16.5 Å². The summed E-state index contributed by atoms with van der Waals surface area (Å²) in [5.74, 6) is 0. The van der Waals surface area contributed by atoms with Gasteiger partial charge < -0.3 is 0 Å². The molecule has 0 bridgehead atoms. The van der Waals surface area contributed by atoms with Gasteiger partial charge in [0.05, 0.1) is 0 Å². The van der Waals surface area contributed by atoms with Gasteiger partial charge in [-0.25, -0.2) is 0 Å². The normalized spacial score (nSPS) is 34.8. The van der Waals surface area contributed by atoms with Crippen LogP contribution in [-0.2, 0) is 16.5 Å². The quantitative estimate of drug-likeness (QED) is 0.623. The summed E-state index contributed by atoms with van der Waals surface area (Å²) in [6.45, 7) is 0. The first-order chi connectivity index (χ1) is 7.97. The standard InChI is InChI=1S/C16H14.Ni/c1-3-7-11-15(12-8-4-1)16-13-9-5-2-6-10-14-16;/h1-14H;/b3-1-,4-1?,5-2-,6-2?,7-3?,8-4-,9-5?,10-6-,11-7-,12-8?,13-9-,14-10?,15-11?,15-12+,16-13?,16-14+;. The van der Waals surface area contributed by atoms with E-state index in [0.717, 1.165) is 0 Å². The molecule has 0 atom stereocenters. The van der Waals surface area contributed by atoms with E-state index in [0.29, 0.717) is 0 Å². The third-order valence-corrected chi connectivity index (χ3v) is 2.33. The monoisotopic (exact) mass is 264 g/mol. The van der Waals surface area contributed by atoms with Crippen molar-refractivity contribution in [3.8, 4) is 0 Å². The van der Waals surface area contributed by atoms with E-state index in [2.05, 4.69) is 48.6 Å². The van der Waals surface area contributed by atoms with Gasteiger partial charge in [-0.05, 0) is 11.1 Å². The minimum absolute atomic E-state index is 0. The third-order valence-electron chi connectivity index (χ3n) is 2.33. The Labute approximate surface area is 113 Å². The van der Waals surface area contributed by atoms with Gasteiger partial charge >= 0.3 is 0 Å². The van der Waals surface area contributed by atoms with E-state index in [1.807, 2.05) is 36.5 Å². The van der Waals surface area contributed by atoms with Gasteiger partial charge in [0, 0.05) is 16.5 Å². The van der Waals surface area contributed by atoms with Crippen LogP contribution >= 0.6 is 0 Å². The summed E-state index contributed by atoms with van der Waals surface area (Å²) < 4.78 is 0. The van der Waals surface area contributed by atoms with Crippen LogP contribution < -0.4 is 0 Å². The minimum Gasteiger partial charge on any atom is -0.0623 e. The van der Waals surface area contributed by atoms with Gasteiger partial charge in [-0.15, -0.1) is 0 Å². The Morgan fingerprint density at radius 1 is 0.412 bits per heavy atom. The fourth-order valence-corrected chi connectivity index (χ4v) is 1.52. The first-order valence-corrected chi connectivity index (χ1v) is 5.40. The molecule has 2 aliphatic rings. The smallest absolute Gasteiger partial charge is 0 e. The summed E-state index contributed by atoms with van der Waals surface area (Å²) in [4.78, 5) is 0. The Kier molecular flexibility index (Phi) is 6.06. The number of allylic oxidation sites excluding steroid dienone is 16. The van der Waals surface area contributed by atoms with Crippen LogP contribution in [0.25, 0.3) is 0 Å². The maximum Gasteiger partial charge on any atom is 0 e. The van der Waals surface area contributed by atoms with Gasteiger partial charge in [0.2, 0.25) is 0 Å². The van der Waals surface area contributed by atoms with Crippen LogP contribution in [-0.4, -0.2) is 0 Å². The van der Waals surface area contributed by atoms with Crippen LogP contribution in [0.15, 0.2) is 96.2 Å². The molecule has 0 aromatic heterocycles. The Hall–Kier alpha value is -1.59. The van der Waals surface area contributed by atoms with Gasteiger partial charge in [0.1, 0.15) is 0 Å². The zero-order chi connectivity index (χ0) is 11.1. The zero-order valence-corrected chi connectivity index (χ0v) is 10.4. The number of rotatable bonds is 1. The topological polar surface area (TPSA) is 0 Å². The van der Waals surface area contributed by atoms with Crippen molar-refractivity contribution >= 4 is 0 Å². The number of hydrogen-bond acceptors (Lipinski definition) is 0. The molecule has 0 nitrogen and oxygen atoms in total. The van der Waals surface area contributed by atoms with Crippen molar-refractivity contribution in [1.29, 1.82) is 0 Å². The molecule has 0 heterocycles. The molecule has 0 unspecified atom stereocenters. The molecular weight excluding hydrogens is 251 g/mol. The second kappa shape index (κ2) is 7.65. The molecule has 0 aromatic rings. The number of hydrogen-bond donors (Lipinski definition) is 0. The second-order valence-corrected chi connectivity index (χ2v) is 3.50. The molecule has 2 aliphatic carbocycles. The maximum absolute atomic E-state index is 2.12. The van der Waals surface area contributed by atoms with E-state index in [9.17, 15) is 0 Å². The van der Waals surface area contributed by atoms with E-state index in [1.165, 1.54) is 11.1 Å². The molecular formula is C16H14Ni. The molecule has 0 aliphatic heterocycles. The molecule has 88 valence electrons. The van der Waals surface area contributed by atoms with Gasteiger partial charge in [0.25, 0.3) is 0 Å². The first-order valence-electron chi connectivity index (χ1n) is 5.40. The predicted molar refractivity (Wildman–Crippen MR) is 71.0 cm³/mol. The Balaban J connectivity index is 0.00000144. The van der Waals surface area contributed by atoms with Gasteiger partial charge in [0.15, 0.2) is 0 Å². The molecule has 0 radical (unpaired) electrons. The Bertz CT molecular complexity index is 432. The van der Waals surface area contributed by atoms with E-state index in [1.54, 1.807) is 0 Å². The summed E-state index contributed by atoms with van der Waals surface area (Å²) in [6.07, 6.45) is 28.9. The molecule has 0 saturated heterocycles. The summed E-state index contributed by atoms with van der Waals surface area (Å²) in [6, 6.07) is 0. The molecule has 0 amide bonds. The summed E-state index contributed by atoms with van der Waals surface area (Å²) in [5.41, 5.74) is 2.44. The van der Waals surface area contributed by atoms with Crippen LogP contribution in [0, 0.1) is 0 Å². The van der Waals surface area contributed by atoms with Crippen molar-refractivity contribution in [3.05, 3.63) is 96.2 Å². The van der Waals surface area contributed by atoms with Gasteiger partial charge in [-0.3, -0.25) is 0 Å². The van der Waals surface area contributed by atoms with Gasteiger partial charge in [-0.2, -0.15) is 0 Å². The van der Waals surface area contributed by atoms with Crippen LogP contribution in [0.5, 0.6) is 0 Å². The first kappa shape index (κ1) is 13.5.